The van der Waals surface area contributed by atoms with Crippen molar-refractivity contribution in [2.75, 3.05) is 32.8 Å². The summed E-state index contributed by atoms with van der Waals surface area (Å²) < 4.78 is 12.7. The molecule has 0 bridgehead atoms. The van der Waals surface area contributed by atoms with Gasteiger partial charge in [0.25, 0.3) is 5.56 Å². The molecule has 0 aliphatic carbocycles. The van der Waals surface area contributed by atoms with Gasteiger partial charge < -0.3 is 14.6 Å². The number of rotatable bonds is 6. The van der Waals surface area contributed by atoms with E-state index in [-0.39, 0.29) is 12.2 Å². The van der Waals surface area contributed by atoms with Gasteiger partial charge in [-0.3, -0.25) is 14.3 Å². The molecular formula is C22H22BrN3O5. The largest absolute Gasteiger partial charge is 0.506 e. The molecule has 3 aromatic rings. The van der Waals surface area contributed by atoms with Gasteiger partial charge in [-0.05, 0) is 27.6 Å². The number of pyridine rings is 2. The Bertz CT molecular complexity index is 1140. The lowest BCUT2D eigenvalue weighted by Crippen LogP contribution is -2.40. The quantitative estimate of drug-likeness (QED) is 0.533. The molecule has 2 aromatic heterocycles. The number of carbonyl (C=O) groups excluding carboxylic acids is 1. The molecule has 4 rings (SSSR count). The van der Waals surface area contributed by atoms with Gasteiger partial charge in [-0.25, -0.2) is 9.78 Å². The highest BCUT2D eigenvalue weighted by Crippen LogP contribution is 2.28. The predicted molar refractivity (Wildman–Crippen MR) is 118 cm³/mol. The Hall–Kier alpha value is -2.75. The lowest BCUT2D eigenvalue weighted by Gasteiger charge is -2.27. The monoisotopic (exact) mass is 487 g/mol. The summed E-state index contributed by atoms with van der Waals surface area (Å²) in [5.74, 6) is -1.29. The lowest BCUT2D eigenvalue weighted by molar-refractivity contribution is 0.0363. The number of carbonyl (C=O) groups is 1. The number of ether oxygens (including phenoxy) is 2. The molecule has 0 unspecified atom stereocenters. The maximum absolute atomic E-state index is 13.2. The molecule has 0 amide bonds. The normalized spacial score (nSPS) is 14.6. The molecule has 3 heterocycles. The Morgan fingerprint density at radius 2 is 1.94 bits per heavy atom. The van der Waals surface area contributed by atoms with Crippen molar-refractivity contribution in [3.8, 4) is 5.75 Å². The Balaban J connectivity index is 1.68. The maximum Gasteiger partial charge on any atom is 0.347 e. The number of hydrogen-bond acceptors (Lipinski definition) is 7. The second-order valence-corrected chi connectivity index (χ2v) is 8.14. The van der Waals surface area contributed by atoms with Crippen molar-refractivity contribution >= 4 is 32.9 Å². The summed E-state index contributed by atoms with van der Waals surface area (Å²) in [6.07, 6.45) is 1.56. The molecular weight excluding hydrogens is 466 g/mol. The van der Waals surface area contributed by atoms with Crippen LogP contribution in [0, 0.1) is 0 Å². The fourth-order valence-electron chi connectivity index (χ4n) is 3.54. The summed E-state index contributed by atoms with van der Waals surface area (Å²) in [4.78, 5) is 32.5. The van der Waals surface area contributed by atoms with Crippen LogP contribution in [0.4, 0.5) is 0 Å². The van der Waals surface area contributed by atoms with Crippen LogP contribution in [0.5, 0.6) is 5.75 Å². The van der Waals surface area contributed by atoms with Crippen molar-refractivity contribution < 1.29 is 19.4 Å². The summed E-state index contributed by atoms with van der Waals surface area (Å²) in [5, 5.41) is 11.1. The topological polar surface area (TPSA) is 93.9 Å². The first-order chi connectivity index (χ1) is 15.0. The van der Waals surface area contributed by atoms with Crippen LogP contribution in [0.3, 0.4) is 0 Å². The SMILES string of the molecule is O=C(OCc1ccccc1)c1c(O)c2cc(Br)cnc2n(CCN2CCOCC2)c1=O. The second kappa shape index (κ2) is 9.59. The highest BCUT2D eigenvalue weighted by molar-refractivity contribution is 9.10. The van der Waals surface area contributed by atoms with E-state index in [1.165, 1.54) is 4.57 Å². The first-order valence-electron chi connectivity index (χ1n) is 9.97. The zero-order valence-corrected chi connectivity index (χ0v) is 18.4. The van der Waals surface area contributed by atoms with E-state index in [9.17, 15) is 14.7 Å². The summed E-state index contributed by atoms with van der Waals surface area (Å²) in [6, 6.07) is 10.8. The molecule has 1 saturated heterocycles. The van der Waals surface area contributed by atoms with E-state index in [0.29, 0.717) is 41.8 Å². The minimum absolute atomic E-state index is 0.00109. The van der Waals surface area contributed by atoms with Crippen LogP contribution in [-0.2, 0) is 22.6 Å². The van der Waals surface area contributed by atoms with E-state index in [2.05, 4.69) is 25.8 Å². The van der Waals surface area contributed by atoms with Crippen molar-refractivity contribution in [1.82, 2.24) is 14.5 Å². The number of hydrogen-bond donors (Lipinski definition) is 1. The smallest absolute Gasteiger partial charge is 0.347 e. The predicted octanol–water partition coefficient (Wildman–Crippen LogP) is 2.55. The van der Waals surface area contributed by atoms with Crippen LogP contribution >= 0.6 is 15.9 Å². The molecule has 1 aromatic carbocycles. The van der Waals surface area contributed by atoms with E-state index in [1.807, 2.05) is 30.3 Å². The number of fused-ring (bicyclic) bond motifs is 1. The Morgan fingerprint density at radius 3 is 2.68 bits per heavy atom. The fraction of sp³-hybridized carbons (Fsp3) is 0.318. The number of nitrogens with zero attached hydrogens (tertiary/aromatic N) is 3. The maximum atomic E-state index is 13.2. The summed E-state index contributed by atoms with van der Waals surface area (Å²) in [7, 11) is 0. The van der Waals surface area contributed by atoms with Crippen LogP contribution in [0.15, 0.2) is 51.9 Å². The Kier molecular flexibility index (Phi) is 6.64. The van der Waals surface area contributed by atoms with E-state index < -0.39 is 17.3 Å². The number of aromatic nitrogens is 2. The van der Waals surface area contributed by atoms with E-state index >= 15 is 0 Å². The van der Waals surface area contributed by atoms with Crippen molar-refractivity contribution in [2.45, 2.75) is 13.2 Å². The molecule has 162 valence electrons. The average molecular weight is 488 g/mol. The van der Waals surface area contributed by atoms with Crippen molar-refractivity contribution in [2.24, 2.45) is 0 Å². The molecule has 9 heteroatoms. The standard InChI is InChI=1S/C22H22BrN3O5/c23-16-12-17-19(27)18(22(29)31-14-15-4-2-1-3-5-15)21(28)26(20(17)24-13-16)7-6-25-8-10-30-11-9-25/h1-5,12-13,27H,6-11,14H2. The molecule has 8 nitrogen and oxygen atoms in total. The van der Waals surface area contributed by atoms with Crippen LogP contribution in [0.2, 0.25) is 0 Å². The zero-order valence-electron chi connectivity index (χ0n) is 16.8. The second-order valence-electron chi connectivity index (χ2n) is 7.22. The molecule has 0 radical (unpaired) electrons. The van der Waals surface area contributed by atoms with Gasteiger partial charge in [-0.2, -0.15) is 0 Å². The minimum Gasteiger partial charge on any atom is -0.506 e. The van der Waals surface area contributed by atoms with Crippen molar-refractivity contribution in [1.29, 1.82) is 0 Å². The molecule has 0 spiro atoms. The first kappa shape index (κ1) is 21.5. The van der Waals surface area contributed by atoms with Crippen molar-refractivity contribution in [3.63, 3.8) is 0 Å². The van der Waals surface area contributed by atoms with Gasteiger partial charge in [0, 0.05) is 36.8 Å². The average Bonchev–Trinajstić information content (AvgIpc) is 2.79. The fourth-order valence-corrected chi connectivity index (χ4v) is 3.87. The van der Waals surface area contributed by atoms with Gasteiger partial charge in [0.1, 0.15) is 18.0 Å². The third-order valence-corrected chi connectivity index (χ3v) is 5.63. The van der Waals surface area contributed by atoms with Crippen LogP contribution < -0.4 is 5.56 Å². The number of benzene rings is 1. The van der Waals surface area contributed by atoms with Gasteiger partial charge in [-0.1, -0.05) is 30.3 Å². The van der Waals surface area contributed by atoms with E-state index in [1.54, 1.807) is 12.3 Å². The lowest BCUT2D eigenvalue weighted by atomic mass is 10.1. The van der Waals surface area contributed by atoms with Gasteiger partial charge in [0.2, 0.25) is 0 Å². The molecule has 1 N–H and O–H groups in total. The highest BCUT2D eigenvalue weighted by atomic mass is 79.9. The van der Waals surface area contributed by atoms with Gasteiger partial charge in [0.05, 0.1) is 18.6 Å². The number of halogens is 1. The van der Waals surface area contributed by atoms with Crippen molar-refractivity contribution in [3.05, 3.63) is 68.5 Å². The third-order valence-electron chi connectivity index (χ3n) is 5.20. The summed E-state index contributed by atoms with van der Waals surface area (Å²) in [6.45, 7) is 3.76. The molecule has 1 aliphatic rings. The number of aromatic hydroxyl groups is 1. The molecule has 1 aliphatic heterocycles. The zero-order chi connectivity index (χ0) is 21.8. The molecule has 1 fully saturated rings. The van der Waals surface area contributed by atoms with Crippen LogP contribution in [0.1, 0.15) is 15.9 Å². The summed E-state index contributed by atoms with van der Waals surface area (Å²) in [5.41, 5.74) is 0.100. The van der Waals surface area contributed by atoms with E-state index in [4.69, 9.17) is 9.47 Å². The first-order valence-corrected chi connectivity index (χ1v) is 10.8. The van der Waals surface area contributed by atoms with Gasteiger partial charge >= 0.3 is 5.97 Å². The Morgan fingerprint density at radius 1 is 1.19 bits per heavy atom. The van der Waals surface area contributed by atoms with E-state index in [0.717, 1.165) is 18.7 Å². The van der Waals surface area contributed by atoms with Crippen LogP contribution in [0.25, 0.3) is 11.0 Å². The third kappa shape index (κ3) is 4.79. The highest BCUT2D eigenvalue weighted by Gasteiger charge is 2.25. The molecule has 0 saturated carbocycles. The molecule has 0 atom stereocenters. The number of morpholine rings is 1. The minimum atomic E-state index is -0.867. The number of esters is 1. The Labute approximate surface area is 187 Å². The summed E-state index contributed by atoms with van der Waals surface area (Å²) >= 11 is 3.33. The van der Waals surface area contributed by atoms with Gasteiger partial charge in [0.15, 0.2) is 5.56 Å². The molecule has 31 heavy (non-hydrogen) atoms. The van der Waals surface area contributed by atoms with Gasteiger partial charge in [-0.15, -0.1) is 0 Å². The van der Waals surface area contributed by atoms with Crippen LogP contribution in [-0.4, -0.2) is 58.4 Å².